The quantitative estimate of drug-likeness (QED) is 0.527. The first-order chi connectivity index (χ1) is 15.4. The molecule has 0 fully saturated rings. The number of para-hydroxylation sites is 1. The molecule has 4 aromatic rings. The van der Waals surface area contributed by atoms with Crippen LogP contribution in [-0.2, 0) is 13.6 Å². The maximum absolute atomic E-state index is 13.2. The fraction of sp³-hybridized carbons (Fsp3) is 0.208. The number of ether oxygens (including phenoxy) is 1. The van der Waals surface area contributed by atoms with Crippen LogP contribution in [0.4, 0.5) is 5.69 Å². The van der Waals surface area contributed by atoms with E-state index in [1.807, 2.05) is 68.4 Å². The molecule has 164 valence electrons. The Morgan fingerprint density at radius 2 is 1.72 bits per heavy atom. The summed E-state index contributed by atoms with van der Waals surface area (Å²) >= 11 is 0. The highest BCUT2D eigenvalue weighted by Crippen LogP contribution is 2.21. The Bertz CT molecular complexity index is 1440. The number of nitrogens with one attached hydrogen (secondary N) is 1. The third kappa shape index (κ3) is 3.71. The Morgan fingerprint density at radius 1 is 1.03 bits per heavy atom. The summed E-state index contributed by atoms with van der Waals surface area (Å²) in [5, 5.41) is 3.03. The Balaban J connectivity index is 1.92. The molecule has 0 aliphatic carbocycles. The maximum Gasteiger partial charge on any atom is 0.297 e. The van der Waals surface area contributed by atoms with Crippen molar-refractivity contribution in [1.82, 2.24) is 19.1 Å². The lowest BCUT2D eigenvalue weighted by molar-refractivity contribution is 0.415. The van der Waals surface area contributed by atoms with E-state index >= 15 is 0 Å². The predicted molar refractivity (Wildman–Crippen MR) is 124 cm³/mol. The third-order valence-corrected chi connectivity index (χ3v) is 5.49. The van der Waals surface area contributed by atoms with Crippen LogP contribution in [0.5, 0.6) is 5.75 Å². The Hall–Kier alpha value is -4.07. The normalized spacial score (nSPS) is 11.7. The van der Waals surface area contributed by atoms with E-state index in [-0.39, 0.29) is 22.2 Å². The summed E-state index contributed by atoms with van der Waals surface area (Å²) in [6.07, 6.45) is 0. The summed E-state index contributed by atoms with van der Waals surface area (Å²) in [6.45, 7) is 4.33. The van der Waals surface area contributed by atoms with Crippen LogP contribution < -0.4 is 21.2 Å². The van der Waals surface area contributed by atoms with Crippen molar-refractivity contribution in [2.75, 3.05) is 7.11 Å². The average Bonchev–Trinajstić information content (AvgIpc) is 3.03. The lowest BCUT2D eigenvalue weighted by Crippen LogP contribution is -2.32. The van der Waals surface area contributed by atoms with Crippen LogP contribution in [0.3, 0.4) is 0 Å². The average molecular weight is 431 g/mol. The lowest BCUT2D eigenvalue weighted by atomic mass is 10.1. The van der Waals surface area contributed by atoms with Crippen molar-refractivity contribution < 1.29 is 4.74 Å². The highest BCUT2D eigenvalue weighted by molar-refractivity contribution is 5.60. The summed E-state index contributed by atoms with van der Waals surface area (Å²) in [4.78, 5) is 30.5. The van der Waals surface area contributed by atoms with Crippen LogP contribution >= 0.6 is 0 Å². The topological polar surface area (TPSA) is 86.3 Å². The number of aryl methyl sites for hydroxylation is 1. The minimum absolute atomic E-state index is 0.173. The number of rotatable bonds is 5. The molecule has 0 aliphatic rings. The van der Waals surface area contributed by atoms with Crippen molar-refractivity contribution in [3.8, 4) is 22.7 Å². The van der Waals surface area contributed by atoms with Gasteiger partial charge < -0.3 is 4.74 Å². The minimum atomic E-state index is -0.363. The molecule has 4 rings (SSSR count). The van der Waals surface area contributed by atoms with Gasteiger partial charge in [0.15, 0.2) is 5.69 Å². The number of hydrogen-bond donors (Lipinski definition) is 1. The highest BCUT2D eigenvalue weighted by Gasteiger charge is 2.16. The Labute approximate surface area is 184 Å². The fourth-order valence-corrected chi connectivity index (χ4v) is 3.65. The molecule has 0 saturated carbocycles. The van der Waals surface area contributed by atoms with Crippen molar-refractivity contribution in [2.45, 2.75) is 20.4 Å². The molecule has 32 heavy (non-hydrogen) atoms. The molecule has 0 amide bonds. The van der Waals surface area contributed by atoms with Gasteiger partial charge in [-0.1, -0.05) is 18.2 Å². The van der Waals surface area contributed by atoms with E-state index in [4.69, 9.17) is 4.74 Å². The third-order valence-electron chi connectivity index (χ3n) is 5.49. The highest BCUT2D eigenvalue weighted by atomic mass is 16.5. The van der Waals surface area contributed by atoms with Crippen molar-refractivity contribution in [3.63, 3.8) is 0 Å². The standard InChI is InChI=1S/C24H25N5O3/c1-5-28-21(17-11-13-19(32-4)14-12-17)15-20(23(30)26-28)25-22-16(2)27(3)29(24(22)31)18-9-7-6-8-10-18/h6-15H,5H2,1-4H3,(H,26,30). The van der Waals surface area contributed by atoms with Gasteiger partial charge in [0.25, 0.3) is 11.1 Å². The number of methoxy groups -OCH3 is 1. The minimum Gasteiger partial charge on any atom is -0.497 e. The molecule has 0 radical (unpaired) electrons. The molecule has 8 nitrogen and oxygen atoms in total. The largest absolute Gasteiger partial charge is 0.497 e. The smallest absolute Gasteiger partial charge is 0.297 e. The second-order valence-corrected chi connectivity index (χ2v) is 7.35. The second kappa shape index (κ2) is 8.58. The van der Waals surface area contributed by atoms with E-state index < -0.39 is 0 Å². The van der Waals surface area contributed by atoms with Crippen LogP contribution in [0.15, 0.2) is 75.2 Å². The molecule has 2 heterocycles. The van der Waals surface area contributed by atoms with E-state index in [9.17, 15) is 9.59 Å². The summed E-state index contributed by atoms with van der Waals surface area (Å²) in [6, 6.07) is 18.6. The second-order valence-electron chi connectivity index (χ2n) is 7.35. The molecule has 0 saturated heterocycles. The van der Waals surface area contributed by atoms with Gasteiger partial charge in [-0.25, -0.2) is 9.67 Å². The Morgan fingerprint density at radius 3 is 2.34 bits per heavy atom. The van der Waals surface area contributed by atoms with Crippen molar-refractivity contribution >= 4 is 5.69 Å². The van der Waals surface area contributed by atoms with Crippen molar-refractivity contribution in [3.05, 3.63) is 92.4 Å². The van der Waals surface area contributed by atoms with Gasteiger partial charge in [0.05, 0.1) is 24.2 Å². The molecular weight excluding hydrogens is 406 g/mol. The van der Waals surface area contributed by atoms with Gasteiger partial charge in [0.2, 0.25) is 0 Å². The van der Waals surface area contributed by atoms with E-state index in [1.54, 1.807) is 34.3 Å². The van der Waals surface area contributed by atoms with Gasteiger partial charge in [-0.05, 0) is 61.9 Å². The zero-order valence-electron chi connectivity index (χ0n) is 18.5. The monoisotopic (exact) mass is 431 g/mol. The molecule has 0 spiro atoms. The van der Waals surface area contributed by atoms with E-state index in [0.717, 1.165) is 22.7 Å². The number of H-pyrrole nitrogens is 1. The molecule has 0 unspecified atom stereocenters. The summed E-state index contributed by atoms with van der Waals surface area (Å²) < 4.78 is 10.3. The zero-order valence-corrected chi connectivity index (χ0v) is 18.5. The van der Waals surface area contributed by atoms with Gasteiger partial charge in [-0.15, -0.1) is 0 Å². The summed E-state index contributed by atoms with van der Waals surface area (Å²) in [7, 11) is 3.41. The molecule has 2 aromatic carbocycles. The number of aromatic nitrogens is 4. The lowest BCUT2D eigenvalue weighted by Gasteiger charge is -2.12. The molecule has 0 atom stereocenters. The first kappa shape index (κ1) is 21.2. The number of hydrogen-bond acceptors (Lipinski definition) is 4. The number of benzene rings is 2. The van der Waals surface area contributed by atoms with Crippen molar-refractivity contribution in [1.29, 1.82) is 0 Å². The summed E-state index contributed by atoms with van der Waals surface area (Å²) in [5.41, 5.74) is 2.66. The zero-order chi connectivity index (χ0) is 22.8. The molecule has 1 N–H and O–H groups in total. The number of nitrogens with zero attached hydrogens (tertiary/aromatic N) is 4. The molecule has 0 aliphatic heterocycles. The predicted octanol–water partition coefficient (Wildman–Crippen LogP) is 2.90. The van der Waals surface area contributed by atoms with Gasteiger partial charge in [-0.2, -0.15) is 0 Å². The Kier molecular flexibility index (Phi) is 5.68. The van der Waals surface area contributed by atoms with Crippen molar-refractivity contribution in [2.24, 2.45) is 12.0 Å². The van der Waals surface area contributed by atoms with Crippen LogP contribution in [0.1, 0.15) is 12.6 Å². The van der Waals surface area contributed by atoms with Crippen LogP contribution in [0.2, 0.25) is 0 Å². The van der Waals surface area contributed by atoms with E-state index in [1.165, 1.54) is 0 Å². The van der Waals surface area contributed by atoms with Crippen LogP contribution in [0, 0.1) is 6.92 Å². The van der Waals surface area contributed by atoms with Crippen LogP contribution in [0.25, 0.3) is 16.9 Å². The molecule has 2 aromatic heterocycles. The maximum atomic E-state index is 13.2. The van der Waals surface area contributed by atoms with Gasteiger partial charge in [0, 0.05) is 13.6 Å². The SMILES string of the molecule is CCn1[nH]c(=O)c(=Nc2c(C)n(C)n(-c3ccccc3)c2=O)cc1-c1ccc(OC)cc1. The first-order valence-electron chi connectivity index (χ1n) is 10.3. The van der Waals surface area contributed by atoms with E-state index in [2.05, 4.69) is 10.1 Å². The number of aromatic amines is 1. The summed E-state index contributed by atoms with van der Waals surface area (Å²) in [5.74, 6) is 0.743. The first-order valence-corrected chi connectivity index (χ1v) is 10.3. The van der Waals surface area contributed by atoms with Crippen LogP contribution in [-0.4, -0.2) is 26.3 Å². The van der Waals surface area contributed by atoms with Gasteiger partial charge in [-0.3, -0.25) is 24.1 Å². The molecular formula is C24H25N5O3. The molecule has 0 bridgehead atoms. The molecule has 8 heteroatoms. The van der Waals surface area contributed by atoms with E-state index in [0.29, 0.717) is 12.2 Å². The van der Waals surface area contributed by atoms with Gasteiger partial charge in [0.1, 0.15) is 11.1 Å². The van der Waals surface area contributed by atoms with Gasteiger partial charge >= 0.3 is 0 Å². The fourth-order valence-electron chi connectivity index (χ4n) is 3.65.